The molecule has 0 bridgehead atoms. The number of carboxylic acids is 1. The van der Waals surface area contributed by atoms with Gasteiger partial charge in [0.25, 0.3) is 5.91 Å². The molecular formula is C14H19NO4S. The molecule has 1 aromatic heterocycles. The van der Waals surface area contributed by atoms with Gasteiger partial charge in [0, 0.05) is 19.0 Å². The van der Waals surface area contributed by atoms with Crippen LogP contribution in [0.15, 0.2) is 11.4 Å². The molecule has 20 heavy (non-hydrogen) atoms. The number of likely N-dealkylation sites (tertiary alicyclic amines) is 1. The summed E-state index contributed by atoms with van der Waals surface area (Å²) < 4.78 is 5.20. The van der Waals surface area contributed by atoms with Crippen LogP contribution in [0.4, 0.5) is 0 Å². The molecule has 5 nitrogen and oxygen atoms in total. The minimum Gasteiger partial charge on any atom is -0.495 e. The number of thiophene rings is 1. The smallest absolute Gasteiger partial charge is 0.303 e. The van der Waals surface area contributed by atoms with E-state index in [0.717, 1.165) is 19.3 Å². The number of hydrogen-bond acceptors (Lipinski definition) is 4. The highest BCUT2D eigenvalue weighted by molar-refractivity contribution is 7.12. The van der Waals surface area contributed by atoms with Crippen LogP contribution in [0.5, 0.6) is 5.75 Å². The van der Waals surface area contributed by atoms with E-state index in [2.05, 4.69) is 0 Å². The second-order valence-corrected chi connectivity index (χ2v) is 5.81. The minimum absolute atomic E-state index is 0.0270. The monoisotopic (exact) mass is 297 g/mol. The summed E-state index contributed by atoms with van der Waals surface area (Å²) in [4.78, 5) is 25.8. The molecule has 1 amide bonds. The van der Waals surface area contributed by atoms with Crippen LogP contribution in [0.2, 0.25) is 0 Å². The van der Waals surface area contributed by atoms with Crippen molar-refractivity contribution >= 4 is 23.2 Å². The molecule has 2 heterocycles. The highest BCUT2D eigenvalue weighted by Gasteiger charge is 2.29. The second kappa shape index (κ2) is 6.74. The lowest BCUT2D eigenvalue weighted by Gasteiger charge is -2.35. The fraction of sp³-hybridized carbons (Fsp3) is 0.571. The van der Waals surface area contributed by atoms with Crippen LogP contribution >= 0.6 is 11.3 Å². The second-order valence-electron chi connectivity index (χ2n) is 4.90. The molecule has 110 valence electrons. The first kappa shape index (κ1) is 14.8. The Morgan fingerprint density at radius 2 is 2.30 bits per heavy atom. The molecule has 1 atom stereocenters. The maximum absolute atomic E-state index is 12.6. The van der Waals surface area contributed by atoms with Crippen LogP contribution in [0, 0.1) is 0 Å². The number of amides is 1. The quantitative estimate of drug-likeness (QED) is 0.907. The number of aliphatic carboxylic acids is 1. The zero-order chi connectivity index (χ0) is 14.5. The molecule has 6 heteroatoms. The molecule has 2 rings (SSSR count). The van der Waals surface area contributed by atoms with Crippen molar-refractivity contribution in [2.24, 2.45) is 0 Å². The largest absolute Gasteiger partial charge is 0.495 e. The van der Waals surface area contributed by atoms with Gasteiger partial charge in [-0.1, -0.05) is 0 Å². The molecule has 0 unspecified atom stereocenters. The van der Waals surface area contributed by atoms with Crippen molar-refractivity contribution < 1.29 is 19.4 Å². The zero-order valence-corrected chi connectivity index (χ0v) is 12.3. The van der Waals surface area contributed by atoms with Crippen LogP contribution in [0.3, 0.4) is 0 Å². The van der Waals surface area contributed by atoms with Gasteiger partial charge in [0.2, 0.25) is 0 Å². The van der Waals surface area contributed by atoms with Crippen LogP contribution < -0.4 is 4.74 Å². The average Bonchev–Trinajstić information content (AvgIpc) is 2.93. The van der Waals surface area contributed by atoms with Crippen LogP contribution in [-0.2, 0) is 4.79 Å². The lowest BCUT2D eigenvalue weighted by atomic mass is 9.97. The van der Waals surface area contributed by atoms with Crippen molar-refractivity contribution in [3.63, 3.8) is 0 Å². The number of hydrogen-bond donors (Lipinski definition) is 1. The maximum atomic E-state index is 12.6. The van der Waals surface area contributed by atoms with Crippen molar-refractivity contribution in [2.75, 3.05) is 13.7 Å². The Morgan fingerprint density at radius 1 is 1.50 bits per heavy atom. The fourth-order valence-corrected chi connectivity index (χ4v) is 3.42. The molecule has 1 aliphatic heterocycles. The summed E-state index contributed by atoms with van der Waals surface area (Å²) in [5.41, 5.74) is 0. The first-order chi connectivity index (χ1) is 9.63. The van der Waals surface area contributed by atoms with Crippen molar-refractivity contribution in [3.05, 3.63) is 16.3 Å². The van der Waals surface area contributed by atoms with Crippen molar-refractivity contribution in [1.82, 2.24) is 4.90 Å². The lowest BCUT2D eigenvalue weighted by molar-refractivity contribution is -0.137. The highest BCUT2D eigenvalue weighted by Crippen LogP contribution is 2.29. The molecule has 0 aromatic carbocycles. The van der Waals surface area contributed by atoms with E-state index in [-0.39, 0.29) is 18.4 Å². The van der Waals surface area contributed by atoms with E-state index in [0.29, 0.717) is 23.6 Å². The number of carboxylic acid groups (broad SMARTS) is 1. The SMILES string of the molecule is COc1ccsc1C(=O)N1CCCC[C@@H]1CCC(=O)O. The first-order valence-electron chi connectivity index (χ1n) is 6.77. The number of ether oxygens (including phenoxy) is 1. The van der Waals surface area contributed by atoms with E-state index in [4.69, 9.17) is 9.84 Å². The molecule has 1 N–H and O–H groups in total. The van der Waals surface area contributed by atoms with Gasteiger partial charge in [-0.3, -0.25) is 9.59 Å². The van der Waals surface area contributed by atoms with Gasteiger partial charge in [-0.2, -0.15) is 0 Å². The van der Waals surface area contributed by atoms with E-state index >= 15 is 0 Å². The van der Waals surface area contributed by atoms with Crippen LogP contribution in [0.25, 0.3) is 0 Å². The number of piperidine rings is 1. The maximum Gasteiger partial charge on any atom is 0.303 e. The molecule has 0 spiro atoms. The fourth-order valence-electron chi connectivity index (χ4n) is 2.60. The van der Waals surface area contributed by atoms with Crippen molar-refractivity contribution in [1.29, 1.82) is 0 Å². The van der Waals surface area contributed by atoms with E-state index in [1.807, 2.05) is 10.3 Å². The normalized spacial score (nSPS) is 18.9. The third kappa shape index (κ3) is 3.30. The van der Waals surface area contributed by atoms with Crippen molar-refractivity contribution in [2.45, 2.75) is 38.1 Å². The molecular weight excluding hydrogens is 278 g/mol. The van der Waals surface area contributed by atoms with Gasteiger partial charge in [-0.25, -0.2) is 0 Å². The van der Waals surface area contributed by atoms with Gasteiger partial charge >= 0.3 is 5.97 Å². The summed E-state index contributed by atoms with van der Waals surface area (Å²) in [5, 5.41) is 10.6. The summed E-state index contributed by atoms with van der Waals surface area (Å²) in [5.74, 6) is -0.244. The molecule has 1 saturated heterocycles. The summed E-state index contributed by atoms with van der Waals surface area (Å²) in [7, 11) is 1.55. The Bertz CT molecular complexity index is 485. The van der Waals surface area contributed by atoms with Gasteiger partial charge in [-0.15, -0.1) is 11.3 Å². The topological polar surface area (TPSA) is 66.8 Å². The standard InChI is InChI=1S/C14H19NO4S/c1-19-11-7-9-20-13(11)14(18)15-8-3-2-4-10(15)5-6-12(16)17/h7,9-10H,2-6,8H2,1H3,(H,16,17)/t10-/m1/s1. The van der Waals surface area contributed by atoms with Gasteiger partial charge in [0.15, 0.2) is 0 Å². The Balaban J connectivity index is 2.11. The van der Waals surface area contributed by atoms with Gasteiger partial charge < -0.3 is 14.7 Å². The Hall–Kier alpha value is -1.56. The summed E-state index contributed by atoms with van der Waals surface area (Å²) in [6.07, 6.45) is 3.54. The first-order valence-corrected chi connectivity index (χ1v) is 7.65. The number of rotatable bonds is 5. The molecule has 1 fully saturated rings. The molecule has 0 radical (unpaired) electrons. The minimum atomic E-state index is -0.809. The summed E-state index contributed by atoms with van der Waals surface area (Å²) in [6.45, 7) is 0.699. The van der Waals surface area contributed by atoms with Crippen LogP contribution in [0.1, 0.15) is 41.8 Å². The lowest BCUT2D eigenvalue weighted by Crippen LogP contribution is -2.43. The number of nitrogens with zero attached hydrogens (tertiary/aromatic N) is 1. The van der Waals surface area contributed by atoms with Gasteiger partial charge in [0.05, 0.1) is 7.11 Å². The number of carbonyl (C=O) groups is 2. The number of carbonyl (C=O) groups excluding carboxylic acids is 1. The van der Waals surface area contributed by atoms with E-state index in [1.54, 1.807) is 13.2 Å². The Morgan fingerprint density at radius 3 is 3.00 bits per heavy atom. The van der Waals surface area contributed by atoms with Crippen molar-refractivity contribution in [3.8, 4) is 5.75 Å². The number of methoxy groups -OCH3 is 1. The highest BCUT2D eigenvalue weighted by atomic mass is 32.1. The molecule has 1 aliphatic rings. The van der Waals surface area contributed by atoms with Crippen LogP contribution in [-0.4, -0.2) is 41.6 Å². The summed E-state index contributed by atoms with van der Waals surface area (Å²) in [6, 6.07) is 1.81. The Labute approximate surface area is 122 Å². The molecule has 0 saturated carbocycles. The molecule has 1 aromatic rings. The predicted molar refractivity (Wildman–Crippen MR) is 76.4 cm³/mol. The van der Waals surface area contributed by atoms with Gasteiger partial charge in [-0.05, 0) is 37.1 Å². The third-order valence-corrected chi connectivity index (χ3v) is 4.51. The van der Waals surface area contributed by atoms with E-state index in [1.165, 1.54) is 11.3 Å². The molecule has 0 aliphatic carbocycles. The third-order valence-electron chi connectivity index (χ3n) is 3.62. The van der Waals surface area contributed by atoms with E-state index < -0.39 is 5.97 Å². The average molecular weight is 297 g/mol. The zero-order valence-electron chi connectivity index (χ0n) is 11.5. The van der Waals surface area contributed by atoms with E-state index in [9.17, 15) is 9.59 Å². The van der Waals surface area contributed by atoms with Gasteiger partial charge in [0.1, 0.15) is 10.6 Å². The predicted octanol–water partition coefficient (Wildman–Crippen LogP) is 2.62. The summed E-state index contributed by atoms with van der Waals surface area (Å²) >= 11 is 1.37. The Kier molecular flexibility index (Phi) is 5.00.